The Morgan fingerprint density at radius 3 is 2.79 bits per heavy atom. The molecule has 0 bridgehead atoms. The lowest BCUT2D eigenvalue weighted by molar-refractivity contribution is -0.130. The number of hydrogen-bond acceptors (Lipinski definition) is 3. The quantitative estimate of drug-likeness (QED) is 0.777. The zero-order valence-corrected chi connectivity index (χ0v) is 16.6. The molecule has 2 aliphatic heterocycles. The predicted molar refractivity (Wildman–Crippen MR) is 106 cm³/mol. The van der Waals surface area contributed by atoms with Gasteiger partial charge in [0.1, 0.15) is 5.54 Å². The van der Waals surface area contributed by atoms with Crippen LogP contribution in [0.2, 0.25) is 0 Å². The molecule has 4 fully saturated rings. The summed E-state index contributed by atoms with van der Waals surface area (Å²) >= 11 is 0. The SMILES string of the molecule is Cc1ccc2c(c1)[C@]13CCN(CC4CC4)C[C@]1(CC[C@]1(C3)NC(=O)NC1=O)C2. The number of imide groups is 1. The molecule has 3 amide bonds. The van der Waals surface area contributed by atoms with E-state index in [2.05, 4.69) is 40.7 Å². The lowest BCUT2D eigenvalue weighted by Crippen LogP contribution is -2.65. The third-order valence-electron chi connectivity index (χ3n) is 8.57. The lowest BCUT2D eigenvalue weighted by atomic mass is 9.49. The number of fused-ring (bicyclic) bond motifs is 1. The number of carbonyl (C=O) groups excluding carboxylic acids is 2. The maximum atomic E-state index is 12.8. The van der Waals surface area contributed by atoms with Crippen molar-refractivity contribution in [2.45, 2.75) is 62.8 Å². The molecule has 5 aliphatic rings. The molecule has 28 heavy (non-hydrogen) atoms. The van der Waals surface area contributed by atoms with E-state index in [0.29, 0.717) is 0 Å². The molecule has 3 atom stereocenters. The van der Waals surface area contributed by atoms with Crippen molar-refractivity contribution in [1.82, 2.24) is 15.5 Å². The van der Waals surface area contributed by atoms with Crippen LogP contribution in [0.3, 0.4) is 0 Å². The standard InChI is InChI=1S/C23H29N3O2/c1-15-2-5-17-11-21-6-7-23(19(27)24-20(28)25-23)13-22(21,18(17)10-15)8-9-26(14-21)12-16-3-4-16/h2,5,10,16H,3-4,6-9,11-14H2,1H3,(H2,24,25,27,28)/t21-,22+,23+/m0/s1. The number of hydrogen-bond donors (Lipinski definition) is 2. The Morgan fingerprint density at radius 1 is 1.18 bits per heavy atom. The molecule has 0 aromatic heterocycles. The average molecular weight is 380 g/mol. The summed E-state index contributed by atoms with van der Waals surface area (Å²) < 4.78 is 0. The van der Waals surface area contributed by atoms with Gasteiger partial charge in [-0.25, -0.2) is 4.79 Å². The molecule has 2 N–H and O–H groups in total. The molecule has 5 heteroatoms. The summed E-state index contributed by atoms with van der Waals surface area (Å²) in [5.41, 5.74) is 3.72. The van der Waals surface area contributed by atoms with Gasteiger partial charge in [-0.1, -0.05) is 23.8 Å². The number of carbonyl (C=O) groups is 2. The van der Waals surface area contributed by atoms with Gasteiger partial charge in [-0.3, -0.25) is 10.1 Å². The second kappa shape index (κ2) is 5.38. The van der Waals surface area contributed by atoms with E-state index in [0.717, 1.165) is 51.1 Å². The largest absolute Gasteiger partial charge is 0.323 e. The Balaban J connectivity index is 1.44. The average Bonchev–Trinajstić information content (AvgIpc) is 3.36. The Bertz CT molecular complexity index is 894. The van der Waals surface area contributed by atoms with E-state index in [-0.39, 0.29) is 22.8 Å². The number of aryl methyl sites for hydroxylation is 1. The van der Waals surface area contributed by atoms with Crippen LogP contribution in [-0.2, 0) is 16.6 Å². The van der Waals surface area contributed by atoms with Crippen molar-refractivity contribution >= 4 is 11.9 Å². The molecule has 1 aromatic rings. The molecule has 2 saturated heterocycles. The van der Waals surface area contributed by atoms with E-state index < -0.39 is 5.54 Å². The molecule has 2 heterocycles. The van der Waals surface area contributed by atoms with Crippen LogP contribution in [0, 0.1) is 18.3 Å². The monoisotopic (exact) mass is 379 g/mol. The van der Waals surface area contributed by atoms with Crippen LogP contribution in [-0.4, -0.2) is 42.0 Å². The fourth-order valence-corrected chi connectivity index (χ4v) is 7.06. The zero-order valence-electron chi connectivity index (χ0n) is 16.6. The lowest BCUT2D eigenvalue weighted by Gasteiger charge is -2.59. The maximum Gasteiger partial charge on any atom is 0.322 e. The number of amides is 3. The molecule has 0 radical (unpaired) electrons. The Kier molecular flexibility index (Phi) is 3.27. The first-order valence-electron chi connectivity index (χ1n) is 10.9. The third-order valence-corrected chi connectivity index (χ3v) is 8.57. The normalized spacial score (nSPS) is 39.3. The number of nitrogens with zero attached hydrogens (tertiary/aromatic N) is 1. The Labute approximate surface area is 166 Å². The summed E-state index contributed by atoms with van der Waals surface area (Å²) in [6.07, 6.45) is 7.53. The Hall–Kier alpha value is -1.88. The number of rotatable bonds is 2. The molecule has 1 aromatic carbocycles. The van der Waals surface area contributed by atoms with Crippen LogP contribution in [0.25, 0.3) is 0 Å². The van der Waals surface area contributed by atoms with Crippen LogP contribution in [0.5, 0.6) is 0 Å². The highest BCUT2D eigenvalue weighted by atomic mass is 16.2. The van der Waals surface area contributed by atoms with Gasteiger partial charge in [0.15, 0.2) is 0 Å². The van der Waals surface area contributed by atoms with Crippen molar-refractivity contribution in [3.05, 3.63) is 34.9 Å². The van der Waals surface area contributed by atoms with Crippen molar-refractivity contribution in [2.75, 3.05) is 19.6 Å². The zero-order chi connectivity index (χ0) is 19.1. The molecular weight excluding hydrogens is 350 g/mol. The van der Waals surface area contributed by atoms with Crippen molar-refractivity contribution in [3.63, 3.8) is 0 Å². The fraction of sp³-hybridized carbons (Fsp3) is 0.652. The van der Waals surface area contributed by atoms with E-state index in [1.54, 1.807) is 0 Å². The van der Waals surface area contributed by atoms with Crippen LogP contribution < -0.4 is 10.6 Å². The summed E-state index contributed by atoms with van der Waals surface area (Å²) in [7, 11) is 0. The van der Waals surface area contributed by atoms with Crippen molar-refractivity contribution in [2.24, 2.45) is 11.3 Å². The van der Waals surface area contributed by atoms with E-state index in [4.69, 9.17) is 0 Å². The fourth-order valence-electron chi connectivity index (χ4n) is 7.06. The molecule has 2 saturated carbocycles. The Morgan fingerprint density at radius 2 is 2.04 bits per heavy atom. The van der Waals surface area contributed by atoms with Gasteiger partial charge in [-0.15, -0.1) is 0 Å². The molecular formula is C23H29N3O2. The van der Waals surface area contributed by atoms with Gasteiger partial charge in [0, 0.05) is 18.5 Å². The minimum atomic E-state index is -0.718. The molecule has 1 spiro atoms. The van der Waals surface area contributed by atoms with Crippen molar-refractivity contribution < 1.29 is 9.59 Å². The van der Waals surface area contributed by atoms with Crippen LogP contribution >= 0.6 is 0 Å². The van der Waals surface area contributed by atoms with Gasteiger partial charge in [0.05, 0.1) is 0 Å². The maximum absolute atomic E-state index is 12.8. The molecule has 0 unspecified atom stereocenters. The van der Waals surface area contributed by atoms with Gasteiger partial charge >= 0.3 is 6.03 Å². The van der Waals surface area contributed by atoms with Gasteiger partial charge in [0.2, 0.25) is 0 Å². The number of urea groups is 1. The highest BCUT2D eigenvalue weighted by Gasteiger charge is 2.67. The summed E-state index contributed by atoms with van der Waals surface area (Å²) in [6.45, 7) is 5.66. The van der Waals surface area contributed by atoms with E-state index in [9.17, 15) is 9.59 Å². The predicted octanol–water partition coefficient (Wildman–Crippen LogP) is 2.65. The molecule has 148 valence electrons. The summed E-state index contributed by atoms with van der Waals surface area (Å²) in [4.78, 5) is 27.5. The molecule has 6 rings (SSSR count). The number of benzene rings is 1. The minimum absolute atomic E-state index is 0.00160. The first-order chi connectivity index (χ1) is 13.4. The number of nitrogens with one attached hydrogen (secondary N) is 2. The second-order valence-electron chi connectivity index (χ2n) is 10.3. The highest BCUT2D eigenvalue weighted by Crippen LogP contribution is 2.65. The smallest absolute Gasteiger partial charge is 0.322 e. The summed E-state index contributed by atoms with van der Waals surface area (Å²) in [5, 5.41) is 5.57. The van der Waals surface area contributed by atoms with Crippen LogP contribution in [0.1, 0.15) is 55.2 Å². The highest BCUT2D eigenvalue weighted by molar-refractivity contribution is 6.07. The summed E-state index contributed by atoms with van der Waals surface area (Å²) in [6, 6.07) is 6.62. The topological polar surface area (TPSA) is 61.4 Å². The van der Waals surface area contributed by atoms with Crippen molar-refractivity contribution in [3.8, 4) is 0 Å². The van der Waals surface area contributed by atoms with Gasteiger partial charge < -0.3 is 10.2 Å². The van der Waals surface area contributed by atoms with E-state index >= 15 is 0 Å². The number of likely N-dealkylation sites (tertiary alicyclic amines) is 1. The van der Waals surface area contributed by atoms with Gasteiger partial charge in [-0.2, -0.15) is 0 Å². The van der Waals surface area contributed by atoms with E-state index in [1.807, 2.05) is 0 Å². The molecule has 3 aliphatic carbocycles. The first-order valence-corrected chi connectivity index (χ1v) is 10.9. The second-order valence-corrected chi connectivity index (χ2v) is 10.3. The first kappa shape index (κ1) is 17.0. The van der Waals surface area contributed by atoms with Crippen LogP contribution in [0.4, 0.5) is 4.79 Å². The van der Waals surface area contributed by atoms with Crippen LogP contribution in [0.15, 0.2) is 18.2 Å². The summed E-state index contributed by atoms with van der Waals surface area (Å²) in [5.74, 6) is 0.798. The minimum Gasteiger partial charge on any atom is -0.323 e. The molecule has 5 nitrogen and oxygen atoms in total. The van der Waals surface area contributed by atoms with Gasteiger partial charge in [0.25, 0.3) is 5.91 Å². The van der Waals surface area contributed by atoms with E-state index in [1.165, 1.54) is 36.1 Å². The van der Waals surface area contributed by atoms with Gasteiger partial charge in [-0.05, 0) is 80.9 Å². The van der Waals surface area contributed by atoms with Crippen molar-refractivity contribution in [1.29, 1.82) is 0 Å². The number of piperidine rings is 1. The third kappa shape index (κ3) is 2.17.